The molecular formula is C18H28N4O3. The monoisotopic (exact) mass is 348 g/mol. The minimum absolute atomic E-state index is 0.0173. The van der Waals surface area contributed by atoms with Crippen molar-refractivity contribution in [2.24, 2.45) is 11.8 Å². The maximum absolute atomic E-state index is 12.7. The van der Waals surface area contributed by atoms with E-state index in [1.165, 1.54) is 12.8 Å². The molecule has 7 heteroatoms. The molecule has 2 heterocycles. The van der Waals surface area contributed by atoms with E-state index in [4.69, 9.17) is 4.52 Å². The quantitative estimate of drug-likeness (QED) is 0.813. The van der Waals surface area contributed by atoms with Crippen LogP contribution in [0.3, 0.4) is 0 Å². The van der Waals surface area contributed by atoms with Crippen LogP contribution in [0.15, 0.2) is 4.52 Å². The van der Waals surface area contributed by atoms with E-state index < -0.39 is 0 Å². The van der Waals surface area contributed by atoms with Crippen LogP contribution in [0.5, 0.6) is 0 Å². The Morgan fingerprint density at radius 3 is 2.68 bits per heavy atom. The van der Waals surface area contributed by atoms with Crippen LogP contribution in [0.4, 0.5) is 0 Å². The summed E-state index contributed by atoms with van der Waals surface area (Å²) in [4.78, 5) is 32.9. The number of nitrogens with zero attached hydrogens (tertiary/aromatic N) is 4. The fourth-order valence-corrected chi connectivity index (χ4v) is 3.89. The van der Waals surface area contributed by atoms with Gasteiger partial charge in [0, 0.05) is 32.5 Å². The summed E-state index contributed by atoms with van der Waals surface area (Å²) < 4.78 is 5.15. The van der Waals surface area contributed by atoms with E-state index >= 15 is 0 Å². The Kier molecular flexibility index (Phi) is 5.39. The van der Waals surface area contributed by atoms with Crippen LogP contribution in [0.25, 0.3) is 0 Å². The zero-order valence-corrected chi connectivity index (χ0v) is 15.4. The van der Waals surface area contributed by atoms with Crippen LogP contribution in [-0.4, -0.2) is 51.4 Å². The molecule has 0 bridgehead atoms. The molecule has 138 valence electrons. The third-order valence-corrected chi connectivity index (χ3v) is 5.51. The number of hydrogen-bond acceptors (Lipinski definition) is 5. The molecule has 0 radical (unpaired) electrons. The third kappa shape index (κ3) is 4.02. The van der Waals surface area contributed by atoms with Crippen LogP contribution < -0.4 is 0 Å². The lowest BCUT2D eigenvalue weighted by molar-refractivity contribution is -0.135. The summed E-state index contributed by atoms with van der Waals surface area (Å²) in [7, 11) is 1.73. The summed E-state index contributed by atoms with van der Waals surface area (Å²) in [5.74, 6) is 1.68. The average Bonchev–Trinajstić information content (AvgIpc) is 3.21. The van der Waals surface area contributed by atoms with E-state index in [2.05, 4.69) is 17.1 Å². The smallest absolute Gasteiger partial charge is 0.246 e. The van der Waals surface area contributed by atoms with Crippen LogP contribution >= 0.6 is 0 Å². The summed E-state index contributed by atoms with van der Waals surface area (Å²) in [6.07, 6.45) is 5.48. The lowest BCUT2D eigenvalue weighted by atomic mass is 9.87. The molecule has 0 N–H and O–H groups in total. The molecule has 1 aliphatic carbocycles. The highest BCUT2D eigenvalue weighted by molar-refractivity contribution is 5.89. The summed E-state index contributed by atoms with van der Waals surface area (Å²) >= 11 is 0. The van der Waals surface area contributed by atoms with Gasteiger partial charge in [-0.25, -0.2) is 0 Å². The lowest BCUT2D eigenvalue weighted by Crippen LogP contribution is -2.40. The summed E-state index contributed by atoms with van der Waals surface area (Å²) in [5, 5.41) is 3.85. The van der Waals surface area contributed by atoms with Crippen molar-refractivity contribution < 1.29 is 14.1 Å². The molecule has 0 spiro atoms. The second kappa shape index (κ2) is 7.54. The molecule has 2 aliphatic rings. The highest BCUT2D eigenvalue weighted by Gasteiger charge is 2.39. The Bertz CT molecular complexity index is 622. The number of amides is 2. The van der Waals surface area contributed by atoms with E-state index in [9.17, 15) is 9.59 Å². The van der Waals surface area contributed by atoms with Crippen molar-refractivity contribution in [3.8, 4) is 0 Å². The maximum Gasteiger partial charge on any atom is 0.246 e. The van der Waals surface area contributed by atoms with Gasteiger partial charge in [-0.05, 0) is 31.6 Å². The summed E-state index contributed by atoms with van der Waals surface area (Å²) in [6.45, 7) is 5.06. The molecule has 25 heavy (non-hydrogen) atoms. The van der Waals surface area contributed by atoms with Crippen LogP contribution in [0.1, 0.15) is 57.7 Å². The summed E-state index contributed by atoms with van der Waals surface area (Å²) in [6, 6.07) is 0.315. The predicted molar refractivity (Wildman–Crippen MR) is 91.4 cm³/mol. The number of aromatic nitrogens is 2. The second-order valence-electron chi connectivity index (χ2n) is 7.51. The number of carbonyl (C=O) groups excluding carboxylic acids is 2. The van der Waals surface area contributed by atoms with Gasteiger partial charge >= 0.3 is 0 Å². The molecule has 1 atom stereocenters. The maximum atomic E-state index is 12.7. The number of carbonyl (C=O) groups is 2. The molecule has 7 nitrogen and oxygen atoms in total. The van der Waals surface area contributed by atoms with Gasteiger partial charge in [-0.3, -0.25) is 9.59 Å². The molecular weight excluding hydrogens is 320 g/mol. The van der Waals surface area contributed by atoms with Crippen LogP contribution in [-0.2, 0) is 22.6 Å². The van der Waals surface area contributed by atoms with Crippen molar-refractivity contribution in [1.29, 1.82) is 0 Å². The Balaban J connectivity index is 1.56. The lowest BCUT2D eigenvalue weighted by Gasteiger charge is -2.33. The van der Waals surface area contributed by atoms with Crippen LogP contribution in [0.2, 0.25) is 0 Å². The largest absolute Gasteiger partial charge is 0.339 e. The van der Waals surface area contributed by atoms with Crippen LogP contribution in [0, 0.1) is 11.8 Å². The Hall–Kier alpha value is -1.92. The highest BCUT2D eigenvalue weighted by atomic mass is 16.5. The molecule has 1 saturated heterocycles. The Morgan fingerprint density at radius 2 is 2.04 bits per heavy atom. The first-order chi connectivity index (χ1) is 12.0. The van der Waals surface area contributed by atoms with Crippen molar-refractivity contribution in [2.45, 2.75) is 65.0 Å². The number of aryl methyl sites for hydroxylation is 1. The molecule has 1 aromatic rings. The Morgan fingerprint density at radius 1 is 1.32 bits per heavy atom. The first-order valence-corrected chi connectivity index (χ1v) is 9.33. The first-order valence-electron chi connectivity index (χ1n) is 9.33. The van der Waals surface area contributed by atoms with Crippen molar-refractivity contribution in [3.05, 3.63) is 11.7 Å². The van der Waals surface area contributed by atoms with Crippen molar-refractivity contribution >= 4 is 11.8 Å². The van der Waals surface area contributed by atoms with E-state index in [0.29, 0.717) is 37.1 Å². The van der Waals surface area contributed by atoms with Crippen molar-refractivity contribution in [2.75, 3.05) is 13.6 Å². The fourth-order valence-electron chi connectivity index (χ4n) is 3.89. The van der Waals surface area contributed by atoms with Gasteiger partial charge in [0.1, 0.15) is 0 Å². The van der Waals surface area contributed by atoms with Gasteiger partial charge in [-0.1, -0.05) is 19.0 Å². The molecule has 1 aliphatic heterocycles. The second-order valence-corrected chi connectivity index (χ2v) is 7.51. The van der Waals surface area contributed by atoms with Gasteiger partial charge in [-0.2, -0.15) is 4.98 Å². The Labute approximate surface area is 148 Å². The average molecular weight is 348 g/mol. The molecule has 2 fully saturated rings. The van der Waals surface area contributed by atoms with Gasteiger partial charge in [0.05, 0.1) is 12.5 Å². The first kappa shape index (κ1) is 17.9. The molecule has 3 rings (SSSR count). The van der Waals surface area contributed by atoms with Gasteiger partial charge < -0.3 is 14.3 Å². The van der Waals surface area contributed by atoms with Gasteiger partial charge in [0.25, 0.3) is 0 Å². The third-order valence-electron chi connectivity index (χ3n) is 5.51. The van der Waals surface area contributed by atoms with Crippen molar-refractivity contribution in [1.82, 2.24) is 19.9 Å². The van der Waals surface area contributed by atoms with E-state index in [0.717, 1.165) is 18.8 Å². The highest BCUT2D eigenvalue weighted by Crippen LogP contribution is 2.31. The standard InChI is InChI=1S/C18H28N4O3/c1-4-15-19-16(25-20-15)11-21(3)18(24)13-9-17(23)22(10-13)14-7-5-12(2)6-8-14/h12-14H,4-11H2,1-3H3. The minimum atomic E-state index is -0.259. The van der Waals surface area contributed by atoms with E-state index in [-0.39, 0.29) is 24.3 Å². The van der Waals surface area contributed by atoms with Crippen molar-refractivity contribution in [3.63, 3.8) is 0 Å². The predicted octanol–water partition coefficient (Wildman–Crippen LogP) is 2.02. The van der Waals surface area contributed by atoms with E-state index in [1.54, 1.807) is 11.9 Å². The molecule has 1 unspecified atom stereocenters. The van der Waals surface area contributed by atoms with Gasteiger partial charge in [0.15, 0.2) is 5.82 Å². The van der Waals surface area contributed by atoms with Gasteiger partial charge in [0.2, 0.25) is 17.7 Å². The topological polar surface area (TPSA) is 79.5 Å². The zero-order valence-electron chi connectivity index (χ0n) is 15.4. The molecule has 1 aromatic heterocycles. The SMILES string of the molecule is CCc1noc(CN(C)C(=O)C2CC(=O)N(C3CCC(C)CC3)C2)n1. The summed E-state index contributed by atoms with van der Waals surface area (Å²) in [5.41, 5.74) is 0. The molecule has 2 amide bonds. The minimum Gasteiger partial charge on any atom is -0.339 e. The fraction of sp³-hybridized carbons (Fsp3) is 0.778. The van der Waals surface area contributed by atoms with E-state index in [1.807, 2.05) is 11.8 Å². The molecule has 0 aromatic carbocycles. The molecule has 1 saturated carbocycles. The number of hydrogen-bond donors (Lipinski definition) is 0. The number of likely N-dealkylation sites (tertiary alicyclic amines) is 1. The number of rotatable bonds is 5. The normalized spacial score (nSPS) is 26.9. The zero-order chi connectivity index (χ0) is 18.0. The van der Waals surface area contributed by atoms with Gasteiger partial charge in [-0.15, -0.1) is 0 Å².